The summed E-state index contributed by atoms with van der Waals surface area (Å²) in [7, 11) is 0. The van der Waals surface area contributed by atoms with Crippen molar-refractivity contribution in [1.29, 1.82) is 5.26 Å². The predicted molar refractivity (Wildman–Crippen MR) is 178 cm³/mol. The minimum Gasteiger partial charge on any atom is -0.490 e. The van der Waals surface area contributed by atoms with Crippen molar-refractivity contribution in [3.8, 4) is 11.8 Å². The SMILES string of the molecule is CC(C)(C)OC(=O)N1CCC(CN2CCN(c3ccc4c(c3)CN([C@H]3CC[C@H](Oc5ccc(C#N)c(Cl)c5)CC3)C4=O)CC2)CC1. The largest absolute Gasteiger partial charge is 0.490 e. The fourth-order valence-electron chi connectivity index (χ4n) is 7.33. The van der Waals surface area contributed by atoms with E-state index in [4.69, 9.17) is 26.3 Å². The van der Waals surface area contributed by atoms with Crippen LogP contribution in [0.5, 0.6) is 5.75 Å². The van der Waals surface area contributed by atoms with Gasteiger partial charge in [-0.1, -0.05) is 11.6 Å². The second-order valence-electron chi connectivity index (χ2n) is 14.3. The van der Waals surface area contributed by atoms with Crippen LogP contribution in [0.3, 0.4) is 0 Å². The molecule has 0 unspecified atom stereocenters. The highest BCUT2D eigenvalue weighted by Gasteiger charge is 2.36. The van der Waals surface area contributed by atoms with Crippen LogP contribution in [0.25, 0.3) is 0 Å². The van der Waals surface area contributed by atoms with Gasteiger partial charge in [-0.2, -0.15) is 5.26 Å². The number of likely N-dealkylation sites (tertiary alicyclic amines) is 1. The summed E-state index contributed by atoms with van der Waals surface area (Å²) in [4.78, 5) is 34.8. The minimum absolute atomic E-state index is 0.0793. The number of fused-ring (bicyclic) bond motifs is 1. The van der Waals surface area contributed by atoms with Crippen molar-refractivity contribution in [3.05, 3.63) is 58.1 Å². The topological polar surface area (TPSA) is 89.3 Å². The van der Waals surface area contributed by atoms with Gasteiger partial charge in [0.1, 0.15) is 17.4 Å². The maximum Gasteiger partial charge on any atom is 0.410 e. The number of carbonyl (C=O) groups is 2. The minimum atomic E-state index is -0.456. The molecular weight excluding hydrogens is 602 g/mol. The summed E-state index contributed by atoms with van der Waals surface area (Å²) in [6.45, 7) is 13.0. The molecule has 246 valence electrons. The number of nitrogens with zero attached hydrogens (tertiary/aromatic N) is 5. The zero-order valence-corrected chi connectivity index (χ0v) is 28.1. The molecule has 0 N–H and O–H groups in total. The van der Waals surface area contributed by atoms with Crippen molar-refractivity contribution in [2.24, 2.45) is 5.92 Å². The van der Waals surface area contributed by atoms with E-state index in [0.717, 1.165) is 95.5 Å². The van der Waals surface area contributed by atoms with Crippen LogP contribution in [-0.4, -0.2) is 90.3 Å². The third-order valence-corrected chi connectivity index (χ3v) is 10.2. The molecule has 1 aliphatic carbocycles. The molecule has 2 aromatic carbocycles. The molecule has 0 radical (unpaired) electrons. The van der Waals surface area contributed by atoms with Crippen molar-refractivity contribution < 1.29 is 19.1 Å². The number of piperazine rings is 1. The number of hydrogen-bond donors (Lipinski definition) is 0. The fraction of sp³-hybridized carbons (Fsp3) is 0.583. The number of nitriles is 1. The van der Waals surface area contributed by atoms with Gasteiger partial charge >= 0.3 is 6.09 Å². The Morgan fingerprint density at radius 2 is 1.67 bits per heavy atom. The van der Waals surface area contributed by atoms with Gasteiger partial charge < -0.3 is 24.2 Å². The molecule has 9 nitrogen and oxygen atoms in total. The normalized spacial score (nSPS) is 22.8. The van der Waals surface area contributed by atoms with Crippen molar-refractivity contribution >= 4 is 29.3 Å². The Morgan fingerprint density at radius 1 is 0.957 bits per heavy atom. The van der Waals surface area contributed by atoms with Crippen LogP contribution in [-0.2, 0) is 11.3 Å². The molecule has 3 fully saturated rings. The van der Waals surface area contributed by atoms with Crippen molar-refractivity contribution in [1.82, 2.24) is 14.7 Å². The Bertz CT molecular complexity index is 1460. The number of ether oxygens (including phenoxy) is 2. The lowest BCUT2D eigenvalue weighted by molar-refractivity contribution is 0.0168. The molecule has 6 rings (SSSR count). The molecule has 46 heavy (non-hydrogen) atoms. The molecule has 2 aromatic rings. The number of anilines is 1. The first-order chi connectivity index (χ1) is 22.1. The highest BCUT2D eigenvalue weighted by atomic mass is 35.5. The van der Waals surface area contributed by atoms with Gasteiger partial charge in [0.2, 0.25) is 0 Å². The molecule has 0 atom stereocenters. The third kappa shape index (κ3) is 7.56. The van der Waals surface area contributed by atoms with Crippen LogP contribution in [0, 0.1) is 17.2 Å². The van der Waals surface area contributed by atoms with E-state index in [1.165, 1.54) is 5.69 Å². The number of amides is 2. The van der Waals surface area contributed by atoms with E-state index in [9.17, 15) is 9.59 Å². The Hall–Kier alpha value is -3.48. The molecule has 0 aromatic heterocycles. The summed E-state index contributed by atoms with van der Waals surface area (Å²) in [5.41, 5.74) is 3.16. The van der Waals surface area contributed by atoms with Crippen LogP contribution in [0.1, 0.15) is 80.8 Å². The fourth-order valence-corrected chi connectivity index (χ4v) is 7.54. The second kappa shape index (κ2) is 13.7. The molecule has 4 aliphatic rings. The number of rotatable bonds is 6. The van der Waals surface area contributed by atoms with E-state index in [0.29, 0.717) is 28.8 Å². The van der Waals surface area contributed by atoms with Gasteiger partial charge in [-0.05, 0) is 101 Å². The van der Waals surface area contributed by atoms with E-state index >= 15 is 0 Å². The van der Waals surface area contributed by atoms with Gasteiger partial charge in [0.15, 0.2) is 0 Å². The van der Waals surface area contributed by atoms with Crippen LogP contribution in [0.4, 0.5) is 10.5 Å². The van der Waals surface area contributed by atoms with Crippen molar-refractivity contribution in [3.63, 3.8) is 0 Å². The van der Waals surface area contributed by atoms with Gasteiger partial charge in [0.25, 0.3) is 5.91 Å². The first-order valence-corrected chi connectivity index (χ1v) is 17.2. The zero-order valence-electron chi connectivity index (χ0n) is 27.3. The molecule has 3 aliphatic heterocycles. The first kappa shape index (κ1) is 32.5. The Kier molecular flexibility index (Phi) is 9.67. The second-order valence-corrected chi connectivity index (χ2v) is 14.7. The molecule has 2 saturated heterocycles. The summed E-state index contributed by atoms with van der Waals surface area (Å²) in [6, 6.07) is 13.9. The van der Waals surface area contributed by atoms with Crippen LogP contribution >= 0.6 is 11.6 Å². The highest BCUT2D eigenvalue weighted by Crippen LogP contribution is 2.35. The van der Waals surface area contributed by atoms with Gasteiger partial charge in [-0.15, -0.1) is 0 Å². The first-order valence-electron chi connectivity index (χ1n) is 16.8. The smallest absolute Gasteiger partial charge is 0.410 e. The van der Waals surface area contributed by atoms with Gasteiger partial charge in [0, 0.05) is 75.7 Å². The number of carbonyl (C=O) groups excluding carboxylic acids is 2. The predicted octanol–water partition coefficient (Wildman–Crippen LogP) is 6.33. The number of hydrogen-bond acceptors (Lipinski definition) is 7. The average Bonchev–Trinajstić information content (AvgIpc) is 3.37. The Labute approximate surface area is 278 Å². The molecule has 2 amide bonds. The quantitative estimate of drug-likeness (QED) is 0.362. The standard InChI is InChI=1S/C36H46ClN5O4/c1-36(2,3)46-35(44)41-14-12-25(13-15-41)23-39-16-18-40(19-17-39)29-7-11-32-27(20-29)24-42(34(32)43)28-5-9-30(10-6-28)45-31-8-4-26(22-38)33(37)21-31/h4,7-8,11,20-21,25,28,30H,5-6,9-10,12-19,23-24H2,1-3H3/t28-,30-. The summed E-state index contributed by atoms with van der Waals surface area (Å²) < 4.78 is 11.7. The number of piperidine rings is 1. The Balaban J connectivity index is 0.950. The maximum atomic E-state index is 13.4. The van der Waals surface area contributed by atoms with E-state index < -0.39 is 5.60 Å². The van der Waals surface area contributed by atoms with Crippen LogP contribution in [0.2, 0.25) is 5.02 Å². The molecule has 0 spiro atoms. The molecule has 3 heterocycles. The van der Waals surface area contributed by atoms with E-state index in [1.54, 1.807) is 18.2 Å². The highest BCUT2D eigenvalue weighted by molar-refractivity contribution is 6.31. The lowest BCUT2D eigenvalue weighted by Gasteiger charge is -2.39. The zero-order chi connectivity index (χ0) is 32.4. The molecule has 10 heteroatoms. The lowest BCUT2D eigenvalue weighted by Crippen LogP contribution is -2.49. The van der Waals surface area contributed by atoms with E-state index in [2.05, 4.69) is 32.9 Å². The van der Waals surface area contributed by atoms with E-state index in [1.807, 2.05) is 31.7 Å². The lowest BCUT2D eigenvalue weighted by atomic mass is 9.92. The number of benzene rings is 2. The summed E-state index contributed by atoms with van der Waals surface area (Å²) in [5.74, 6) is 1.44. The molecule has 1 saturated carbocycles. The average molecular weight is 648 g/mol. The third-order valence-electron chi connectivity index (χ3n) is 9.89. The van der Waals surface area contributed by atoms with Gasteiger partial charge in [0.05, 0.1) is 16.7 Å². The summed E-state index contributed by atoms with van der Waals surface area (Å²) in [6.07, 6.45) is 5.50. The van der Waals surface area contributed by atoms with E-state index in [-0.39, 0.29) is 24.1 Å². The van der Waals surface area contributed by atoms with Crippen LogP contribution < -0.4 is 9.64 Å². The summed E-state index contributed by atoms with van der Waals surface area (Å²) in [5, 5.41) is 9.52. The van der Waals surface area contributed by atoms with Crippen molar-refractivity contribution in [2.45, 2.75) is 83.6 Å². The molecule has 0 bridgehead atoms. The maximum absolute atomic E-state index is 13.4. The van der Waals surface area contributed by atoms with Crippen LogP contribution in [0.15, 0.2) is 36.4 Å². The summed E-state index contributed by atoms with van der Waals surface area (Å²) >= 11 is 6.18. The van der Waals surface area contributed by atoms with Crippen molar-refractivity contribution in [2.75, 3.05) is 50.7 Å². The number of halogens is 1. The molecular formula is C36H46ClN5O4. The monoisotopic (exact) mass is 647 g/mol. The van der Waals surface area contributed by atoms with Gasteiger partial charge in [-0.3, -0.25) is 9.69 Å². The Morgan fingerprint density at radius 3 is 2.33 bits per heavy atom. The van der Waals surface area contributed by atoms with Gasteiger partial charge in [-0.25, -0.2) is 4.79 Å².